The van der Waals surface area contributed by atoms with Gasteiger partial charge < -0.3 is 26.0 Å². The lowest BCUT2D eigenvalue weighted by Crippen LogP contribution is -2.42. The van der Waals surface area contributed by atoms with E-state index in [2.05, 4.69) is 46.4 Å². The lowest BCUT2D eigenvalue weighted by Gasteiger charge is -2.33. The fraction of sp³-hybridized carbons (Fsp3) is 0.444. The summed E-state index contributed by atoms with van der Waals surface area (Å²) in [6.45, 7) is 10.1. The summed E-state index contributed by atoms with van der Waals surface area (Å²) >= 11 is 0. The van der Waals surface area contributed by atoms with Gasteiger partial charge in [-0.25, -0.2) is 9.37 Å². The summed E-state index contributed by atoms with van der Waals surface area (Å²) in [7, 11) is 2.04. The highest BCUT2D eigenvalue weighted by Crippen LogP contribution is 2.25. The lowest BCUT2D eigenvalue weighted by atomic mass is 9.91. The summed E-state index contributed by atoms with van der Waals surface area (Å²) in [5.74, 6) is 0.143. The van der Waals surface area contributed by atoms with Crippen molar-refractivity contribution in [2.45, 2.75) is 45.3 Å². The number of nitrogens with zero attached hydrogens (tertiary/aromatic N) is 4. The summed E-state index contributed by atoms with van der Waals surface area (Å²) < 4.78 is 14.9. The number of benzene rings is 1. The first-order chi connectivity index (χ1) is 17.7. The highest BCUT2D eigenvalue weighted by Gasteiger charge is 2.25. The molecular weight excluding hydrogens is 473 g/mol. The van der Waals surface area contributed by atoms with E-state index in [-0.39, 0.29) is 17.9 Å². The van der Waals surface area contributed by atoms with E-state index in [0.717, 1.165) is 47.8 Å². The van der Waals surface area contributed by atoms with Gasteiger partial charge in [0.25, 0.3) is 5.91 Å². The Morgan fingerprint density at radius 1 is 1.30 bits per heavy atom. The molecule has 1 amide bonds. The quantitative estimate of drug-likeness (QED) is 0.306. The first-order valence-corrected chi connectivity index (χ1v) is 12.7. The summed E-state index contributed by atoms with van der Waals surface area (Å²) in [5.41, 5.74) is 3.22. The molecule has 4 rings (SSSR count). The molecule has 0 saturated carbocycles. The molecule has 1 aliphatic rings. The number of hydrogen-bond acceptors (Lipinski definition) is 7. The van der Waals surface area contributed by atoms with Crippen molar-refractivity contribution in [3.63, 3.8) is 0 Å². The van der Waals surface area contributed by atoms with E-state index in [9.17, 15) is 14.3 Å². The Morgan fingerprint density at radius 2 is 2.11 bits per heavy atom. The molecule has 1 aliphatic heterocycles. The van der Waals surface area contributed by atoms with Crippen LogP contribution < -0.4 is 16.0 Å². The third-order valence-electron chi connectivity index (χ3n) is 6.77. The maximum atomic E-state index is 13.1. The number of anilines is 3. The summed E-state index contributed by atoms with van der Waals surface area (Å²) in [4.78, 5) is 18.6. The largest absolute Gasteiger partial charge is 0.392 e. The molecule has 1 aromatic carbocycles. The maximum Gasteiger partial charge on any atom is 0.283 e. The third kappa shape index (κ3) is 6.64. The first-order valence-electron chi connectivity index (χ1n) is 12.7. The number of aliphatic hydroxyl groups is 1. The Labute approximate surface area is 216 Å². The molecule has 9 nitrogen and oxygen atoms in total. The van der Waals surface area contributed by atoms with Crippen molar-refractivity contribution in [1.29, 1.82) is 0 Å². The number of nitrogens with one attached hydrogen (secondary N) is 3. The highest BCUT2D eigenvalue weighted by atomic mass is 19.1. The minimum atomic E-state index is -1.03. The van der Waals surface area contributed by atoms with Crippen LogP contribution in [0.1, 0.15) is 43.7 Å². The van der Waals surface area contributed by atoms with Gasteiger partial charge >= 0.3 is 0 Å². The number of rotatable bonds is 10. The number of carbonyl (C=O) groups excluding carboxylic acids is 1. The monoisotopic (exact) mass is 509 g/mol. The molecule has 4 N–H and O–H groups in total. The van der Waals surface area contributed by atoms with Gasteiger partial charge in [0.15, 0.2) is 11.5 Å². The molecule has 2 atom stereocenters. The van der Waals surface area contributed by atoms with Crippen LogP contribution in [0.4, 0.5) is 21.7 Å². The average Bonchev–Trinajstić information content (AvgIpc) is 3.28. The van der Waals surface area contributed by atoms with Crippen molar-refractivity contribution in [3.05, 3.63) is 60.1 Å². The van der Waals surface area contributed by atoms with Crippen molar-refractivity contribution in [3.8, 4) is 0 Å². The van der Waals surface area contributed by atoms with Crippen molar-refractivity contribution in [2.75, 3.05) is 42.6 Å². The second kappa shape index (κ2) is 11.7. The number of carbonyl (C=O) groups is 1. The van der Waals surface area contributed by atoms with Crippen LogP contribution in [-0.4, -0.2) is 63.3 Å². The average molecular weight is 510 g/mol. The zero-order chi connectivity index (χ0) is 26.5. The summed E-state index contributed by atoms with van der Waals surface area (Å²) in [6.07, 6.45) is 3.39. The predicted octanol–water partition coefficient (Wildman–Crippen LogP) is 4.00. The topological polar surface area (TPSA) is 107 Å². The Bertz CT molecular complexity index is 1260. The molecule has 3 aromatic rings. The van der Waals surface area contributed by atoms with Gasteiger partial charge in [-0.05, 0) is 56.0 Å². The van der Waals surface area contributed by atoms with E-state index in [1.165, 1.54) is 0 Å². The molecule has 0 unspecified atom stereocenters. The van der Waals surface area contributed by atoms with Crippen LogP contribution in [0.15, 0.2) is 48.9 Å². The first kappa shape index (κ1) is 26.6. The van der Waals surface area contributed by atoms with E-state index in [4.69, 9.17) is 4.98 Å². The lowest BCUT2D eigenvalue weighted by molar-refractivity contribution is -0.114. The molecule has 1 fully saturated rings. The minimum Gasteiger partial charge on any atom is -0.392 e. The number of β-amino-alcohol motifs (C(OH)–C–C–N with tert-alkyl or cyclic N) is 1. The van der Waals surface area contributed by atoms with Crippen LogP contribution in [0.2, 0.25) is 0 Å². The number of fused-ring (bicyclic) bond motifs is 1. The number of aliphatic hydroxyl groups excluding tert-OH is 1. The molecule has 37 heavy (non-hydrogen) atoms. The normalized spacial score (nSPS) is 18.2. The Morgan fingerprint density at radius 3 is 2.84 bits per heavy atom. The molecular formula is C27H36FN7O2. The van der Waals surface area contributed by atoms with Crippen molar-refractivity contribution < 1.29 is 14.3 Å². The van der Waals surface area contributed by atoms with E-state index in [1.807, 2.05) is 25.4 Å². The number of hydrogen-bond donors (Lipinski definition) is 4. The predicted molar refractivity (Wildman–Crippen MR) is 144 cm³/mol. The van der Waals surface area contributed by atoms with E-state index in [0.29, 0.717) is 25.3 Å². The van der Waals surface area contributed by atoms with Crippen molar-refractivity contribution >= 4 is 28.9 Å². The minimum absolute atomic E-state index is 0.257. The van der Waals surface area contributed by atoms with Crippen LogP contribution in [-0.2, 0) is 11.3 Å². The van der Waals surface area contributed by atoms with Gasteiger partial charge in [-0.15, -0.1) is 0 Å². The third-order valence-corrected chi connectivity index (χ3v) is 6.77. The summed E-state index contributed by atoms with van der Waals surface area (Å²) in [5, 5.41) is 24.3. The Hall–Kier alpha value is -3.50. The molecule has 10 heteroatoms. The smallest absolute Gasteiger partial charge is 0.283 e. The van der Waals surface area contributed by atoms with Crippen LogP contribution in [0, 0.1) is 5.92 Å². The highest BCUT2D eigenvalue weighted by molar-refractivity contribution is 6.01. The number of aromatic nitrogens is 3. The van der Waals surface area contributed by atoms with Gasteiger partial charge in [-0.1, -0.05) is 32.6 Å². The molecule has 198 valence electrons. The number of amides is 1. The number of piperidine rings is 1. The van der Waals surface area contributed by atoms with Crippen molar-refractivity contribution in [1.82, 2.24) is 19.5 Å². The van der Waals surface area contributed by atoms with E-state index < -0.39 is 11.7 Å². The van der Waals surface area contributed by atoms with Gasteiger partial charge in [0.1, 0.15) is 11.6 Å². The maximum absolute atomic E-state index is 13.1. The molecule has 0 aliphatic carbocycles. The van der Waals surface area contributed by atoms with Gasteiger partial charge in [-0.3, -0.25) is 4.79 Å². The summed E-state index contributed by atoms with van der Waals surface area (Å²) in [6, 6.07) is 9.11. The van der Waals surface area contributed by atoms with Gasteiger partial charge in [0.2, 0.25) is 0 Å². The molecule has 1 saturated heterocycles. The number of likely N-dealkylation sites (tertiary alicyclic amines) is 1. The zero-order valence-electron chi connectivity index (χ0n) is 21.7. The number of likely N-dealkylation sites (N-methyl/N-ethyl adjacent to an activating group) is 1. The second-order valence-corrected chi connectivity index (χ2v) is 10.0. The van der Waals surface area contributed by atoms with Crippen LogP contribution >= 0.6 is 0 Å². The standard InChI is InChI=1S/C27H36FN7O2/c1-17(2)22-15-31-35-25(30-14-19-6-5-7-21(12-19)32-27(37)18(3)28)13-24(33-26(22)35)29-10-8-20-9-11-34(4)16-23(20)36/h5-7,12-13,15,17,20,23,30,36H,3,8-11,14,16H2,1-2,4H3,(H,29,33)(H,32,37)/t20-,23+/m1/s1. The van der Waals surface area contributed by atoms with Gasteiger partial charge in [-0.2, -0.15) is 9.61 Å². The zero-order valence-corrected chi connectivity index (χ0v) is 21.7. The second-order valence-electron chi connectivity index (χ2n) is 10.0. The van der Waals surface area contributed by atoms with Crippen molar-refractivity contribution in [2.24, 2.45) is 5.92 Å². The van der Waals surface area contributed by atoms with Crippen LogP contribution in [0.3, 0.4) is 0 Å². The number of halogens is 1. The fourth-order valence-corrected chi connectivity index (χ4v) is 4.61. The SMILES string of the molecule is C=C(F)C(=O)Nc1cccc(CNc2cc(NCC[C@@H]3CCN(C)C[C@@H]3O)nc3c(C(C)C)cnn23)c1. The molecule has 0 bridgehead atoms. The Kier molecular flexibility index (Phi) is 8.40. The van der Waals surface area contributed by atoms with Crippen LogP contribution in [0.25, 0.3) is 5.65 Å². The van der Waals surface area contributed by atoms with Crippen LogP contribution in [0.5, 0.6) is 0 Å². The molecule has 3 heterocycles. The van der Waals surface area contributed by atoms with Gasteiger partial charge in [0.05, 0.1) is 12.3 Å². The van der Waals surface area contributed by atoms with Gasteiger partial charge in [0, 0.05) is 37.0 Å². The molecule has 0 radical (unpaired) electrons. The molecule has 2 aromatic heterocycles. The Balaban J connectivity index is 1.49. The molecule has 0 spiro atoms. The van der Waals surface area contributed by atoms with E-state index >= 15 is 0 Å². The van der Waals surface area contributed by atoms with E-state index in [1.54, 1.807) is 22.7 Å². The fourth-order valence-electron chi connectivity index (χ4n) is 4.61.